The molecule has 1 aliphatic rings. The van der Waals surface area contributed by atoms with Crippen LogP contribution in [-0.4, -0.2) is 25.6 Å². The van der Waals surface area contributed by atoms with E-state index < -0.39 is 11.6 Å². The van der Waals surface area contributed by atoms with E-state index >= 15 is 0 Å². The summed E-state index contributed by atoms with van der Waals surface area (Å²) < 4.78 is 29.1. The van der Waals surface area contributed by atoms with Gasteiger partial charge in [0.1, 0.15) is 29.0 Å². The van der Waals surface area contributed by atoms with Crippen LogP contribution in [0.5, 0.6) is 0 Å². The van der Waals surface area contributed by atoms with Crippen LogP contribution in [0.4, 0.5) is 20.2 Å². The lowest BCUT2D eigenvalue weighted by Gasteiger charge is -2.11. The summed E-state index contributed by atoms with van der Waals surface area (Å²) in [4.78, 5) is 5.70. The van der Waals surface area contributed by atoms with E-state index in [1.165, 1.54) is 23.5 Å². The molecule has 0 aliphatic carbocycles. The predicted molar refractivity (Wildman–Crippen MR) is 120 cm³/mol. The highest BCUT2D eigenvalue weighted by Gasteiger charge is 2.27. The number of halogens is 2. The minimum absolute atomic E-state index is 0.0562. The number of hydrogen-bond donors (Lipinski definition) is 2. The number of aliphatic imine (C=N–C) groups is 1. The summed E-state index contributed by atoms with van der Waals surface area (Å²) in [7, 11) is 0. The zero-order chi connectivity index (χ0) is 22.4. The van der Waals surface area contributed by atoms with Crippen molar-refractivity contribution in [2.45, 2.75) is 27.0 Å². The van der Waals surface area contributed by atoms with Crippen LogP contribution >= 0.6 is 11.3 Å². The van der Waals surface area contributed by atoms with Crippen molar-refractivity contribution in [2.24, 2.45) is 4.99 Å². The maximum Gasteiger partial charge on any atom is 0.160 e. The van der Waals surface area contributed by atoms with Crippen molar-refractivity contribution in [3.05, 3.63) is 87.3 Å². The summed E-state index contributed by atoms with van der Waals surface area (Å²) in [5.41, 5.74) is 4.48. The first-order chi connectivity index (χ1) is 15.5. The third-order valence-corrected chi connectivity index (χ3v) is 6.71. The largest absolute Gasteiger partial charge is 0.391 e. The number of benzene rings is 2. The van der Waals surface area contributed by atoms with Gasteiger partial charge in [-0.3, -0.25) is 9.56 Å². The van der Waals surface area contributed by atoms with Gasteiger partial charge in [-0.2, -0.15) is 0 Å². The molecule has 0 fully saturated rings. The summed E-state index contributed by atoms with van der Waals surface area (Å²) in [5.74, 6) is 0.235. The van der Waals surface area contributed by atoms with E-state index in [1.54, 1.807) is 0 Å². The second-order valence-corrected chi connectivity index (χ2v) is 8.56. The van der Waals surface area contributed by atoms with E-state index in [-0.39, 0.29) is 12.3 Å². The van der Waals surface area contributed by atoms with E-state index in [0.717, 1.165) is 50.0 Å². The Labute approximate surface area is 186 Å². The van der Waals surface area contributed by atoms with E-state index in [4.69, 9.17) is 4.99 Å². The average Bonchev–Trinajstić information content (AvgIpc) is 3.25. The number of nitrogens with zero attached hydrogens (tertiary/aromatic N) is 4. The van der Waals surface area contributed by atoms with Crippen LogP contribution in [0.2, 0.25) is 0 Å². The molecule has 2 N–H and O–H groups in total. The molecule has 0 atom stereocenters. The summed E-state index contributed by atoms with van der Waals surface area (Å²) >= 11 is 1.51. The van der Waals surface area contributed by atoms with Gasteiger partial charge in [-0.15, -0.1) is 21.5 Å². The molecule has 3 heterocycles. The molecule has 0 unspecified atom stereocenters. The molecular weight excluding hydrogens is 432 g/mol. The summed E-state index contributed by atoms with van der Waals surface area (Å²) in [6.07, 6.45) is 0. The smallest absolute Gasteiger partial charge is 0.160 e. The highest BCUT2D eigenvalue weighted by molar-refractivity contribution is 7.15. The molecule has 6 nitrogen and oxygen atoms in total. The quantitative estimate of drug-likeness (QED) is 0.467. The molecule has 5 rings (SSSR count). The number of rotatable bonds is 4. The van der Waals surface area contributed by atoms with Crippen molar-refractivity contribution in [1.82, 2.24) is 14.8 Å². The van der Waals surface area contributed by atoms with Crippen molar-refractivity contribution in [3.63, 3.8) is 0 Å². The number of hydrogen-bond acceptors (Lipinski definition) is 6. The number of aromatic nitrogens is 3. The number of aryl methyl sites for hydroxylation is 1. The Balaban J connectivity index is 1.54. The summed E-state index contributed by atoms with van der Waals surface area (Å²) in [6.45, 7) is 4.20. The maximum absolute atomic E-state index is 14.0. The van der Waals surface area contributed by atoms with Crippen LogP contribution in [0.1, 0.15) is 33.2 Å². The van der Waals surface area contributed by atoms with Gasteiger partial charge in [-0.25, -0.2) is 8.78 Å². The number of fused-ring (bicyclic) bond motifs is 3. The van der Waals surface area contributed by atoms with Gasteiger partial charge in [0.2, 0.25) is 0 Å². The van der Waals surface area contributed by atoms with Gasteiger partial charge in [-0.05, 0) is 43.7 Å². The Morgan fingerprint density at radius 3 is 2.59 bits per heavy atom. The zero-order valence-electron chi connectivity index (χ0n) is 17.4. The number of aliphatic hydroxyl groups is 1. The SMILES string of the molecule is Cc1c(CO)sc2c1C(c1ccc(Nc3ccc(F)cc3F)cc1)=NCc1nnc(C)n1-2. The lowest BCUT2D eigenvalue weighted by molar-refractivity contribution is 0.285. The van der Waals surface area contributed by atoms with E-state index in [9.17, 15) is 13.9 Å². The Kier molecular flexibility index (Phi) is 5.07. The predicted octanol–water partition coefficient (Wildman–Crippen LogP) is 4.81. The Morgan fingerprint density at radius 1 is 1.09 bits per heavy atom. The summed E-state index contributed by atoms with van der Waals surface area (Å²) in [6, 6.07) is 10.9. The minimum Gasteiger partial charge on any atom is -0.391 e. The van der Waals surface area contributed by atoms with E-state index in [1.807, 2.05) is 42.7 Å². The van der Waals surface area contributed by atoms with Crippen LogP contribution in [0.3, 0.4) is 0 Å². The van der Waals surface area contributed by atoms with E-state index in [0.29, 0.717) is 12.2 Å². The van der Waals surface area contributed by atoms with Crippen molar-refractivity contribution in [3.8, 4) is 5.00 Å². The molecule has 9 heteroatoms. The third-order valence-electron chi connectivity index (χ3n) is 5.45. The number of anilines is 2. The third kappa shape index (κ3) is 3.39. The topological polar surface area (TPSA) is 75.3 Å². The molecule has 2 aromatic carbocycles. The lowest BCUT2D eigenvalue weighted by atomic mass is 9.99. The molecule has 162 valence electrons. The maximum atomic E-state index is 14.0. The first-order valence-electron chi connectivity index (χ1n) is 9.98. The molecule has 1 aliphatic heterocycles. The zero-order valence-corrected chi connectivity index (χ0v) is 18.2. The van der Waals surface area contributed by atoms with Gasteiger partial charge >= 0.3 is 0 Å². The molecule has 0 spiro atoms. The molecule has 0 radical (unpaired) electrons. The number of thiophene rings is 1. The lowest BCUT2D eigenvalue weighted by Crippen LogP contribution is -2.07. The monoisotopic (exact) mass is 451 g/mol. The fourth-order valence-electron chi connectivity index (χ4n) is 3.83. The molecule has 32 heavy (non-hydrogen) atoms. The Hall–Kier alpha value is -3.43. The van der Waals surface area contributed by atoms with Crippen LogP contribution in [0.25, 0.3) is 5.00 Å². The highest BCUT2D eigenvalue weighted by atomic mass is 32.1. The number of aliphatic hydroxyl groups excluding tert-OH is 1. The molecule has 2 aromatic heterocycles. The molecule has 0 amide bonds. The normalized spacial score (nSPS) is 12.7. The van der Waals surface area contributed by atoms with Crippen LogP contribution in [0.15, 0.2) is 47.5 Å². The second kappa shape index (κ2) is 7.92. The molecule has 4 aromatic rings. The molecule has 0 bridgehead atoms. The van der Waals surface area contributed by atoms with E-state index in [2.05, 4.69) is 15.5 Å². The first-order valence-corrected chi connectivity index (χ1v) is 10.8. The van der Waals surface area contributed by atoms with Crippen molar-refractivity contribution in [1.29, 1.82) is 0 Å². The van der Waals surface area contributed by atoms with Crippen molar-refractivity contribution in [2.75, 3.05) is 5.32 Å². The first kappa shape index (κ1) is 20.5. The fraction of sp³-hybridized carbons (Fsp3) is 0.174. The Bertz CT molecular complexity index is 1360. The molecule has 0 saturated heterocycles. The van der Waals surface area contributed by atoms with Gasteiger partial charge in [0.25, 0.3) is 0 Å². The van der Waals surface area contributed by atoms with Gasteiger partial charge in [-0.1, -0.05) is 12.1 Å². The van der Waals surface area contributed by atoms with Crippen molar-refractivity contribution < 1.29 is 13.9 Å². The minimum atomic E-state index is -0.657. The van der Waals surface area contributed by atoms with Gasteiger partial charge < -0.3 is 10.4 Å². The van der Waals surface area contributed by atoms with Gasteiger partial charge in [0.05, 0.1) is 18.0 Å². The highest BCUT2D eigenvalue weighted by Crippen LogP contribution is 2.37. The average molecular weight is 452 g/mol. The molecule has 0 saturated carbocycles. The fourth-order valence-corrected chi connectivity index (χ4v) is 5.06. The van der Waals surface area contributed by atoms with Crippen LogP contribution < -0.4 is 5.32 Å². The van der Waals surface area contributed by atoms with Gasteiger partial charge in [0, 0.05) is 27.8 Å². The Morgan fingerprint density at radius 2 is 1.88 bits per heavy atom. The van der Waals surface area contributed by atoms with Crippen molar-refractivity contribution >= 4 is 28.4 Å². The van der Waals surface area contributed by atoms with Crippen LogP contribution in [0, 0.1) is 25.5 Å². The van der Waals surface area contributed by atoms with Gasteiger partial charge in [0.15, 0.2) is 5.82 Å². The number of nitrogens with one attached hydrogen (secondary N) is 1. The standard InChI is InChI=1S/C23H19F2N5OS/c1-12-19(11-31)32-23-21(12)22(26-10-20-29-28-13(2)30(20)23)14-3-6-16(7-4-14)27-18-8-5-15(24)9-17(18)25/h3-9,27,31H,10-11H2,1-2H3. The molecular formula is C23H19F2N5OS. The summed E-state index contributed by atoms with van der Waals surface area (Å²) in [5, 5.41) is 22.2. The van der Waals surface area contributed by atoms with Crippen LogP contribution in [-0.2, 0) is 13.2 Å². The second-order valence-electron chi connectivity index (χ2n) is 7.48.